The van der Waals surface area contributed by atoms with Gasteiger partial charge in [0.05, 0.1) is 11.8 Å². The number of alkyl halides is 2. The van der Waals surface area contributed by atoms with Crippen LogP contribution in [0.15, 0.2) is 18.3 Å². The Morgan fingerprint density at radius 3 is 2.59 bits per heavy atom. The van der Waals surface area contributed by atoms with Gasteiger partial charge < -0.3 is 15.2 Å². The van der Waals surface area contributed by atoms with Crippen molar-refractivity contribution in [2.75, 3.05) is 25.9 Å². The fourth-order valence-corrected chi connectivity index (χ4v) is 5.78. The van der Waals surface area contributed by atoms with Gasteiger partial charge in [-0.15, -0.1) is 0 Å². The number of ether oxygens (including phenoxy) is 2. The number of hydrogen-bond acceptors (Lipinski definition) is 6. The highest BCUT2D eigenvalue weighted by Gasteiger charge is 2.59. The lowest BCUT2D eigenvalue weighted by Gasteiger charge is -2.43. The van der Waals surface area contributed by atoms with Gasteiger partial charge in [-0.1, -0.05) is 0 Å². The predicted octanol–water partition coefficient (Wildman–Crippen LogP) is 3.36. The Morgan fingerprint density at radius 2 is 1.94 bits per heavy atom. The van der Waals surface area contributed by atoms with E-state index in [1.165, 1.54) is 37.4 Å². The number of pyridine rings is 1. The first-order valence-electron chi connectivity index (χ1n) is 11.6. The first-order valence-corrected chi connectivity index (χ1v) is 11.6. The quantitative estimate of drug-likeness (QED) is 0.671. The molecule has 0 aromatic carbocycles. The highest BCUT2D eigenvalue weighted by Crippen LogP contribution is 2.64. The maximum atomic E-state index is 12.7. The van der Waals surface area contributed by atoms with Gasteiger partial charge >= 0.3 is 6.61 Å². The molecule has 2 aromatic heterocycles. The molecular formula is C23H29F2N5O2. The van der Waals surface area contributed by atoms with Gasteiger partial charge in [0.2, 0.25) is 0 Å². The molecule has 0 bridgehead atoms. The van der Waals surface area contributed by atoms with E-state index in [0.29, 0.717) is 41.4 Å². The summed E-state index contributed by atoms with van der Waals surface area (Å²) in [5, 5.41) is 4.87. The molecule has 3 heterocycles. The van der Waals surface area contributed by atoms with Gasteiger partial charge in [0.15, 0.2) is 11.6 Å². The molecule has 1 saturated heterocycles. The van der Waals surface area contributed by atoms with Crippen LogP contribution in [0.3, 0.4) is 0 Å². The molecule has 4 aliphatic rings. The Labute approximate surface area is 185 Å². The fourth-order valence-electron chi connectivity index (χ4n) is 5.78. The Bertz CT molecular complexity index is 992. The maximum absolute atomic E-state index is 12.7. The van der Waals surface area contributed by atoms with Gasteiger partial charge in [-0.2, -0.15) is 13.9 Å². The van der Waals surface area contributed by atoms with Crippen molar-refractivity contribution in [2.24, 2.45) is 17.8 Å². The zero-order chi connectivity index (χ0) is 22.0. The first kappa shape index (κ1) is 20.4. The first-order chi connectivity index (χ1) is 15.5. The van der Waals surface area contributed by atoms with Gasteiger partial charge in [0, 0.05) is 56.2 Å². The lowest BCUT2D eigenvalue weighted by molar-refractivity contribution is -0.0516. The largest absolute Gasteiger partial charge is 0.431 e. The summed E-state index contributed by atoms with van der Waals surface area (Å²) in [7, 11) is 1.79. The van der Waals surface area contributed by atoms with E-state index in [4.69, 9.17) is 15.6 Å². The van der Waals surface area contributed by atoms with Crippen molar-refractivity contribution < 1.29 is 18.3 Å². The number of nitrogens with zero attached hydrogens (tertiary/aromatic N) is 4. The fraction of sp³-hybridized carbons (Fsp3) is 0.652. The second-order valence-electron chi connectivity index (χ2n) is 9.86. The third kappa shape index (κ3) is 3.65. The van der Waals surface area contributed by atoms with Crippen LogP contribution in [0.4, 0.5) is 14.6 Å². The van der Waals surface area contributed by atoms with E-state index >= 15 is 0 Å². The van der Waals surface area contributed by atoms with E-state index in [2.05, 4.69) is 25.4 Å². The zero-order valence-electron chi connectivity index (χ0n) is 18.2. The van der Waals surface area contributed by atoms with Crippen molar-refractivity contribution in [3.8, 4) is 17.0 Å². The minimum atomic E-state index is -2.94. The van der Waals surface area contributed by atoms with E-state index in [0.717, 1.165) is 25.3 Å². The Balaban J connectivity index is 1.21. The highest BCUT2D eigenvalue weighted by atomic mass is 19.3. The summed E-state index contributed by atoms with van der Waals surface area (Å²) in [5.41, 5.74) is 8.40. The average molecular weight is 446 g/mol. The number of aromatic nitrogens is 3. The van der Waals surface area contributed by atoms with Crippen molar-refractivity contribution in [1.82, 2.24) is 19.7 Å². The van der Waals surface area contributed by atoms with Crippen molar-refractivity contribution in [2.45, 2.75) is 56.9 Å². The average Bonchev–Trinajstić information content (AvgIpc) is 3.57. The smallest absolute Gasteiger partial charge is 0.387 e. The standard InChI is InChI=1S/C23H29F2N5O2/c1-31-15-10-29(11-15)14-5-16-17(6-14)21(16)19-7-18(28-30(19)9-12-2-3-12)13-4-20(32-23(24)25)22(26)27-8-13/h4,7-8,12,14-17,21,23H,2-3,5-6,9-11H2,1H3,(H2,26,27)/t14-,16-,17+,21+. The molecule has 32 heavy (non-hydrogen) atoms. The number of anilines is 1. The third-order valence-corrected chi connectivity index (χ3v) is 7.82. The molecule has 0 spiro atoms. The molecule has 4 atom stereocenters. The van der Waals surface area contributed by atoms with Crippen LogP contribution in [0.2, 0.25) is 0 Å². The minimum Gasteiger partial charge on any atom is -0.431 e. The molecule has 1 aliphatic heterocycles. The molecule has 4 fully saturated rings. The Kier molecular flexibility index (Phi) is 4.87. The molecule has 3 saturated carbocycles. The number of halogens is 2. The molecule has 7 nitrogen and oxygen atoms in total. The zero-order valence-corrected chi connectivity index (χ0v) is 18.2. The van der Waals surface area contributed by atoms with Crippen LogP contribution in [0.5, 0.6) is 5.75 Å². The number of nitrogen functional groups attached to an aromatic ring is 1. The predicted molar refractivity (Wildman–Crippen MR) is 114 cm³/mol. The third-order valence-electron chi connectivity index (χ3n) is 7.82. The number of likely N-dealkylation sites (tertiary alicyclic amines) is 1. The molecule has 6 rings (SSSR count). The number of nitrogens with two attached hydrogens (primary N) is 1. The van der Waals surface area contributed by atoms with Gasteiger partial charge in [0.1, 0.15) is 0 Å². The Morgan fingerprint density at radius 1 is 1.19 bits per heavy atom. The molecule has 172 valence electrons. The molecular weight excluding hydrogens is 416 g/mol. The Hall–Kier alpha value is -2.26. The SMILES string of the molecule is COC1CN([C@@H]2C[C@@H]3[C@H](C2)[C@H]3c2cc(-c3cnc(N)c(OC(F)F)c3)nn2CC2CC2)C1. The maximum Gasteiger partial charge on any atom is 0.387 e. The van der Waals surface area contributed by atoms with Gasteiger partial charge in [-0.3, -0.25) is 9.58 Å². The van der Waals surface area contributed by atoms with E-state index in [1.807, 2.05) is 0 Å². The number of methoxy groups -OCH3 is 1. The van der Waals surface area contributed by atoms with E-state index in [1.54, 1.807) is 13.3 Å². The molecule has 9 heteroatoms. The summed E-state index contributed by atoms with van der Waals surface area (Å²) in [6.45, 7) is 0.102. The molecule has 0 unspecified atom stereocenters. The lowest BCUT2D eigenvalue weighted by Crippen LogP contribution is -2.55. The number of hydrogen-bond donors (Lipinski definition) is 1. The summed E-state index contributed by atoms with van der Waals surface area (Å²) in [5.74, 6) is 2.52. The lowest BCUT2D eigenvalue weighted by atomic mass is 9.99. The van der Waals surface area contributed by atoms with E-state index < -0.39 is 6.61 Å². The van der Waals surface area contributed by atoms with Crippen LogP contribution in [-0.4, -0.2) is 58.6 Å². The monoisotopic (exact) mass is 445 g/mol. The van der Waals surface area contributed by atoms with Crippen molar-refractivity contribution in [3.05, 3.63) is 24.0 Å². The van der Waals surface area contributed by atoms with E-state index in [9.17, 15) is 8.78 Å². The molecule has 0 radical (unpaired) electrons. The van der Waals surface area contributed by atoms with Crippen LogP contribution in [-0.2, 0) is 11.3 Å². The minimum absolute atomic E-state index is 0.0452. The summed E-state index contributed by atoms with van der Waals surface area (Å²) in [6.07, 6.45) is 6.97. The molecule has 3 aliphatic carbocycles. The number of fused-ring (bicyclic) bond motifs is 1. The summed E-state index contributed by atoms with van der Waals surface area (Å²) in [4.78, 5) is 6.62. The molecule has 2 aromatic rings. The van der Waals surface area contributed by atoms with E-state index in [-0.39, 0.29) is 11.6 Å². The topological polar surface area (TPSA) is 78.4 Å². The van der Waals surface area contributed by atoms with Crippen LogP contribution in [0.1, 0.15) is 37.3 Å². The second kappa shape index (κ2) is 7.66. The van der Waals surface area contributed by atoms with Gasteiger partial charge in [-0.05, 0) is 55.6 Å². The van der Waals surface area contributed by atoms with Crippen molar-refractivity contribution >= 4 is 5.82 Å². The summed E-state index contributed by atoms with van der Waals surface area (Å²) < 4.78 is 37.6. The van der Waals surface area contributed by atoms with Crippen molar-refractivity contribution in [1.29, 1.82) is 0 Å². The normalized spacial score (nSPS) is 29.9. The van der Waals surface area contributed by atoms with Crippen molar-refractivity contribution in [3.63, 3.8) is 0 Å². The highest BCUT2D eigenvalue weighted by molar-refractivity contribution is 5.64. The van der Waals surface area contributed by atoms with Crippen LogP contribution in [0, 0.1) is 17.8 Å². The van der Waals surface area contributed by atoms with Gasteiger partial charge in [0.25, 0.3) is 0 Å². The van der Waals surface area contributed by atoms with Gasteiger partial charge in [-0.25, -0.2) is 4.98 Å². The summed E-state index contributed by atoms with van der Waals surface area (Å²) in [6, 6.07) is 4.33. The number of rotatable bonds is 8. The molecule has 0 amide bonds. The van der Waals surface area contributed by atoms with Crippen LogP contribution in [0.25, 0.3) is 11.3 Å². The summed E-state index contributed by atoms with van der Waals surface area (Å²) >= 11 is 0. The second-order valence-corrected chi connectivity index (χ2v) is 9.86. The van der Waals surface area contributed by atoms with Crippen LogP contribution < -0.4 is 10.5 Å². The molecule has 2 N–H and O–H groups in total. The van der Waals surface area contributed by atoms with Crippen LogP contribution >= 0.6 is 0 Å².